The van der Waals surface area contributed by atoms with E-state index in [2.05, 4.69) is 16.5 Å². The zero-order chi connectivity index (χ0) is 19.9. The Morgan fingerprint density at radius 2 is 1.56 bits per heavy atom. The van der Waals surface area contributed by atoms with Gasteiger partial charge in [-0.05, 0) is 48.2 Å². The SMILES string of the molecule is C=S1c2cc(C)c(NC(C)=O)cc2Cc2cc(NC(C)=O)c([N+](=O)[O-])cc21. The standard InChI is InChI=1S/C19H19N3O4S/c1-10-5-18-13(7-15(10)20-11(2)23)6-14-8-16(21-12(3)24)17(22(25)26)9-19(14)27(18)4/h5,7-9H,4,6H2,1-3H3,(H,20,23)(H,21,24). The minimum Gasteiger partial charge on any atom is -0.326 e. The number of benzene rings is 2. The van der Waals surface area contributed by atoms with E-state index in [-0.39, 0.29) is 23.2 Å². The second-order valence-electron chi connectivity index (χ2n) is 6.44. The lowest BCUT2D eigenvalue weighted by atomic mass is 10.0. The monoisotopic (exact) mass is 385 g/mol. The Labute approximate surface area is 158 Å². The summed E-state index contributed by atoms with van der Waals surface area (Å²) in [6.45, 7) is 4.67. The zero-order valence-corrected chi connectivity index (χ0v) is 16.0. The fourth-order valence-corrected chi connectivity index (χ4v) is 4.87. The third-order valence-corrected chi connectivity index (χ3v) is 6.14. The van der Waals surface area contributed by atoms with Crippen LogP contribution in [0, 0.1) is 17.0 Å². The summed E-state index contributed by atoms with van der Waals surface area (Å²) in [4.78, 5) is 35.6. The number of carbonyl (C=O) groups is 2. The molecule has 0 saturated heterocycles. The molecule has 1 aliphatic rings. The molecule has 1 atom stereocenters. The van der Waals surface area contributed by atoms with Gasteiger partial charge in [-0.3, -0.25) is 19.7 Å². The molecule has 2 amide bonds. The van der Waals surface area contributed by atoms with Crippen LogP contribution in [0.4, 0.5) is 17.1 Å². The van der Waals surface area contributed by atoms with Gasteiger partial charge in [-0.1, -0.05) is 5.87 Å². The second-order valence-corrected chi connectivity index (χ2v) is 8.10. The summed E-state index contributed by atoms with van der Waals surface area (Å²) in [6, 6.07) is 7.07. The molecular weight excluding hydrogens is 366 g/mol. The summed E-state index contributed by atoms with van der Waals surface area (Å²) >= 11 is 0. The molecule has 1 unspecified atom stereocenters. The van der Waals surface area contributed by atoms with Gasteiger partial charge in [0.05, 0.1) is 4.92 Å². The fourth-order valence-electron chi connectivity index (χ4n) is 3.16. The molecule has 0 spiro atoms. The van der Waals surface area contributed by atoms with Gasteiger partial charge in [-0.25, -0.2) is 0 Å². The van der Waals surface area contributed by atoms with E-state index in [1.54, 1.807) is 6.07 Å². The van der Waals surface area contributed by atoms with Crippen LogP contribution in [0.2, 0.25) is 0 Å². The Bertz CT molecular complexity index is 1030. The molecule has 0 aromatic heterocycles. The van der Waals surface area contributed by atoms with Crippen molar-refractivity contribution in [3.63, 3.8) is 0 Å². The fraction of sp³-hybridized carbons (Fsp3) is 0.211. The quantitative estimate of drug-likeness (QED) is 0.406. The predicted molar refractivity (Wildman–Crippen MR) is 107 cm³/mol. The molecule has 7 nitrogen and oxygen atoms in total. The first-order valence-electron chi connectivity index (χ1n) is 8.21. The first-order chi connectivity index (χ1) is 12.7. The number of nitro benzene ring substituents is 1. The number of carbonyl (C=O) groups excluding carboxylic acids is 2. The van der Waals surface area contributed by atoms with Gasteiger partial charge in [-0.15, -0.1) is 10.5 Å². The lowest BCUT2D eigenvalue weighted by Gasteiger charge is -2.25. The molecule has 2 aromatic carbocycles. The molecule has 3 rings (SSSR count). The van der Waals surface area contributed by atoms with Crippen molar-refractivity contribution in [1.29, 1.82) is 0 Å². The first kappa shape index (κ1) is 18.8. The van der Waals surface area contributed by atoms with Gasteiger partial charge in [0.25, 0.3) is 5.69 Å². The van der Waals surface area contributed by atoms with Gasteiger partial charge in [0, 0.05) is 35.4 Å². The third kappa shape index (κ3) is 3.61. The molecule has 0 saturated carbocycles. The van der Waals surface area contributed by atoms with Crippen LogP contribution in [0.25, 0.3) is 0 Å². The van der Waals surface area contributed by atoms with Gasteiger partial charge in [0.15, 0.2) is 0 Å². The number of fused-ring (bicyclic) bond motifs is 2. The number of anilines is 2. The number of nitro groups is 1. The minimum absolute atomic E-state index is 0.139. The Hall–Kier alpha value is -3.00. The van der Waals surface area contributed by atoms with Crippen LogP contribution in [0.5, 0.6) is 0 Å². The van der Waals surface area contributed by atoms with E-state index in [0.717, 1.165) is 32.2 Å². The van der Waals surface area contributed by atoms with Gasteiger partial charge < -0.3 is 10.6 Å². The minimum atomic E-state index is -0.599. The molecular formula is C19H19N3O4S. The molecule has 1 heterocycles. The van der Waals surface area contributed by atoms with E-state index in [4.69, 9.17) is 0 Å². The number of nitrogens with one attached hydrogen (secondary N) is 2. The van der Waals surface area contributed by atoms with Crippen LogP contribution in [0.1, 0.15) is 30.5 Å². The van der Waals surface area contributed by atoms with E-state index < -0.39 is 15.4 Å². The molecule has 8 heteroatoms. The van der Waals surface area contributed by atoms with E-state index in [0.29, 0.717) is 6.42 Å². The molecule has 140 valence electrons. The van der Waals surface area contributed by atoms with Crippen molar-refractivity contribution in [3.8, 4) is 0 Å². The highest BCUT2D eigenvalue weighted by atomic mass is 32.2. The highest BCUT2D eigenvalue weighted by Gasteiger charge is 2.25. The highest BCUT2D eigenvalue weighted by molar-refractivity contribution is 8.14. The maximum absolute atomic E-state index is 11.4. The summed E-state index contributed by atoms with van der Waals surface area (Å²) in [5, 5.41) is 16.8. The second kappa shape index (κ2) is 6.96. The maximum Gasteiger partial charge on any atom is 0.293 e. The summed E-state index contributed by atoms with van der Waals surface area (Å²) in [5.41, 5.74) is 3.59. The number of hydrogen-bond acceptors (Lipinski definition) is 4. The summed E-state index contributed by atoms with van der Waals surface area (Å²) < 4.78 is 0. The molecule has 0 aliphatic carbocycles. The smallest absolute Gasteiger partial charge is 0.293 e. The van der Waals surface area contributed by atoms with Crippen molar-refractivity contribution < 1.29 is 14.5 Å². The molecule has 2 N–H and O–H groups in total. The Kier molecular flexibility index (Phi) is 4.84. The van der Waals surface area contributed by atoms with Crippen molar-refractivity contribution in [2.45, 2.75) is 37.0 Å². The van der Waals surface area contributed by atoms with Crippen LogP contribution in [-0.2, 0) is 16.0 Å². The van der Waals surface area contributed by atoms with E-state index in [9.17, 15) is 19.7 Å². The van der Waals surface area contributed by atoms with Crippen LogP contribution < -0.4 is 10.6 Å². The lowest BCUT2D eigenvalue weighted by molar-refractivity contribution is -0.384. The Morgan fingerprint density at radius 1 is 1.04 bits per heavy atom. The molecule has 0 bridgehead atoms. The number of amides is 2. The molecule has 0 fully saturated rings. The van der Waals surface area contributed by atoms with Crippen molar-refractivity contribution in [2.24, 2.45) is 0 Å². The average Bonchev–Trinajstić information content (AvgIpc) is 2.55. The lowest BCUT2D eigenvalue weighted by Crippen LogP contribution is -2.12. The van der Waals surface area contributed by atoms with Crippen LogP contribution in [-0.4, -0.2) is 22.6 Å². The van der Waals surface area contributed by atoms with E-state index >= 15 is 0 Å². The molecule has 1 aliphatic heterocycles. The first-order valence-corrected chi connectivity index (χ1v) is 9.60. The zero-order valence-electron chi connectivity index (χ0n) is 15.2. The molecule has 0 radical (unpaired) electrons. The third-order valence-electron chi connectivity index (χ3n) is 4.32. The topological polar surface area (TPSA) is 101 Å². The number of aryl methyl sites for hydroxylation is 1. The van der Waals surface area contributed by atoms with Crippen molar-refractivity contribution in [1.82, 2.24) is 0 Å². The van der Waals surface area contributed by atoms with Gasteiger partial charge in [0.1, 0.15) is 5.69 Å². The van der Waals surface area contributed by atoms with Crippen LogP contribution >= 0.6 is 10.5 Å². The summed E-state index contributed by atoms with van der Waals surface area (Å²) in [7, 11) is -0.599. The van der Waals surface area contributed by atoms with Crippen molar-refractivity contribution in [2.75, 3.05) is 10.6 Å². The average molecular weight is 385 g/mol. The van der Waals surface area contributed by atoms with Crippen molar-refractivity contribution >= 4 is 45.2 Å². The largest absolute Gasteiger partial charge is 0.326 e. The Morgan fingerprint density at radius 3 is 2.11 bits per heavy atom. The molecule has 27 heavy (non-hydrogen) atoms. The van der Waals surface area contributed by atoms with Crippen LogP contribution in [0.3, 0.4) is 0 Å². The number of rotatable bonds is 3. The van der Waals surface area contributed by atoms with Gasteiger partial charge >= 0.3 is 0 Å². The van der Waals surface area contributed by atoms with E-state index in [1.165, 1.54) is 19.9 Å². The Balaban J connectivity index is 2.13. The predicted octanol–water partition coefficient (Wildman–Crippen LogP) is 3.84. The maximum atomic E-state index is 11.4. The van der Waals surface area contributed by atoms with Gasteiger partial charge in [0.2, 0.25) is 11.8 Å². The number of hydrogen-bond donors (Lipinski definition) is 2. The summed E-state index contributed by atoms with van der Waals surface area (Å²) in [5.74, 6) is 3.72. The molecule has 2 aromatic rings. The summed E-state index contributed by atoms with van der Waals surface area (Å²) in [6.07, 6.45) is 0.543. The highest BCUT2D eigenvalue weighted by Crippen LogP contribution is 2.48. The van der Waals surface area contributed by atoms with Gasteiger partial charge in [-0.2, -0.15) is 0 Å². The normalized spacial score (nSPS) is 14.7. The van der Waals surface area contributed by atoms with Crippen LogP contribution in [0.15, 0.2) is 34.1 Å². The number of nitrogens with zero attached hydrogens (tertiary/aromatic N) is 1. The van der Waals surface area contributed by atoms with Crippen molar-refractivity contribution in [3.05, 3.63) is 51.1 Å². The van der Waals surface area contributed by atoms with E-state index in [1.807, 2.05) is 19.1 Å².